The van der Waals surface area contributed by atoms with Crippen LogP contribution in [0.4, 0.5) is 5.95 Å². The van der Waals surface area contributed by atoms with E-state index < -0.39 is 0 Å². The fourth-order valence-corrected chi connectivity index (χ4v) is 3.21. The third-order valence-corrected chi connectivity index (χ3v) is 4.70. The second-order valence-electron chi connectivity index (χ2n) is 5.63. The molecule has 2 heterocycles. The number of nitrogens with zero attached hydrogens (tertiary/aromatic N) is 2. The summed E-state index contributed by atoms with van der Waals surface area (Å²) in [5.74, 6) is 0.0906. The van der Waals surface area contributed by atoms with Gasteiger partial charge in [-0.2, -0.15) is 0 Å². The average Bonchev–Trinajstić information content (AvgIpc) is 3.24. The number of nitrogens with one attached hydrogen (secondary N) is 1. The highest BCUT2D eigenvalue weighted by molar-refractivity contribution is 7.12. The van der Waals surface area contributed by atoms with Crippen molar-refractivity contribution in [2.75, 3.05) is 5.32 Å². The molecule has 5 heteroatoms. The summed E-state index contributed by atoms with van der Waals surface area (Å²) in [6.45, 7) is 0. The zero-order valence-electron chi connectivity index (χ0n) is 13.8. The number of hydrogen-bond donors (Lipinski definition) is 1. The van der Waals surface area contributed by atoms with Crippen molar-refractivity contribution in [1.29, 1.82) is 0 Å². The number of carbonyl (C=O) groups excluding carboxylic acids is 1. The lowest BCUT2D eigenvalue weighted by molar-refractivity contribution is 0.102. The third-order valence-electron chi connectivity index (χ3n) is 3.84. The minimum absolute atomic E-state index is 0.204. The number of aromatic nitrogens is 2. The summed E-state index contributed by atoms with van der Waals surface area (Å²) in [4.78, 5) is 22.1. The van der Waals surface area contributed by atoms with Crippen LogP contribution in [0.25, 0.3) is 22.5 Å². The van der Waals surface area contributed by atoms with Gasteiger partial charge in [0.25, 0.3) is 5.91 Å². The van der Waals surface area contributed by atoms with Crippen molar-refractivity contribution in [3.8, 4) is 22.5 Å². The normalized spacial score (nSPS) is 10.5. The highest BCUT2D eigenvalue weighted by atomic mass is 32.1. The summed E-state index contributed by atoms with van der Waals surface area (Å²) in [5, 5.41) is 4.68. The first-order valence-electron chi connectivity index (χ1n) is 8.14. The standard InChI is InChI=1S/C21H15N3OS/c25-20(19-12-7-13-26-19)24-21-22-17(15-8-3-1-4-9-15)14-18(23-21)16-10-5-2-6-11-16/h1-14H,(H,22,23,24,25). The molecule has 0 aliphatic rings. The van der Waals surface area contributed by atoms with Gasteiger partial charge in [-0.15, -0.1) is 11.3 Å². The monoisotopic (exact) mass is 357 g/mol. The van der Waals surface area contributed by atoms with E-state index in [1.54, 1.807) is 6.07 Å². The molecule has 1 amide bonds. The maximum Gasteiger partial charge on any atom is 0.268 e. The third kappa shape index (κ3) is 3.53. The first-order chi connectivity index (χ1) is 12.8. The summed E-state index contributed by atoms with van der Waals surface area (Å²) >= 11 is 1.38. The summed E-state index contributed by atoms with van der Waals surface area (Å²) in [7, 11) is 0. The number of benzene rings is 2. The Morgan fingerprint density at radius 3 is 1.85 bits per heavy atom. The molecule has 2 aromatic carbocycles. The van der Waals surface area contributed by atoms with Crippen molar-refractivity contribution >= 4 is 23.2 Å². The van der Waals surface area contributed by atoms with E-state index in [1.165, 1.54) is 11.3 Å². The van der Waals surface area contributed by atoms with Crippen molar-refractivity contribution in [1.82, 2.24) is 9.97 Å². The minimum atomic E-state index is -0.204. The summed E-state index contributed by atoms with van der Waals surface area (Å²) in [6, 6.07) is 25.3. The van der Waals surface area contributed by atoms with Crippen molar-refractivity contribution in [3.05, 3.63) is 89.1 Å². The van der Waals surface area contributed by atoms with Gasteiger partial charge in [-0.25, -0.2) is 9.97 Å². The number of rotatable bonds is 4. The Bertz CT molecular complexity index is 958. The van der Waals surface area contributed by atoms with Gasteiger partial charge in [0.1, 0.15) is 0 Å². The molecule has 126 valence electrons. The Morgan fingerprint density at radius 1 is 0.769 bits per heavy atom. The fraction of sp³-hybridized carbons (Fsp3) is 0. The molecule has 0 bridgehead atoms. The molecule has 4 aromatic rings. The molecular formula is C21H15N3OS. The number of amides is 1. The SMILES string of the molecule is O=C(Nc1nc(-c2ccccc2)cc(-c2ccccc2)n1)c1cccs1. The molecule has 26 heavy (non-hydrogen) atoms. The van der Waals surface area contributed by atoms with Crippen LogP contribution < -0.4 is 5.32 Å². The summed E-state index contributed by atoms with van der Waals surface area (Å²) < 4.78 is 0. The van der Waals surface area contributed by atoms with Crippen LogP contribution in [-0.2, 0) is 0 Å². The Kier molecular flexibility index (Phi) is 4.53. The van der Waals surface area contributed by atoms with Crippen molar-refractivity contribution < 1.29 is 4.79 Å². The van der Waals surface area contributed by atoms with Crippen LogP contribution in [-0.4, -0.2) is 15.9 Å². The number of carbonyl (C=O) groups is 1. The van der Waals surface area contributed by atoms with Gasteiger partial charge in [0.15, 0.2) is 0 Å². The molecule has 0 aliphatic carbocycles. The van der Waals surface area contributed by atoms with E-state index in [0.717, 1.165) is 22.5 Å². The number of hydrogen-bond acceptors (Lipinski definition) is 4. The predicted octanol–water partition coefficient (Wildman–Crippen LogP) is 5.12. The van der Waals surface area contributed by atoms with Gasteiger partial charge < -0.3 is 0 Å². The van der Waals surface area contributed by atoms with Crippen LogP contribution in [0.15, 0.2) is 84.2 Å². The van der Waals surface area contributed by atoms with E-state index in [-0.39, 0.29) is 5.91 Å². The molecule has 1 N–H and O–H groups in total. The quantitative estimate of drug-likeness (QED) is 0.551. The van der Waals surface area contributed by atoms with Gasteiger partial charge >= 0.3 is 0 Å². The van der Waals surface area contributed by atoms with E-state index in [4.69, 9.17) is 0 Å². The molecule has 0 aliphatic heterocycles. The van der Waals surface area contributed by atoms with Gasteiger partial charge in [-0.1, -0.05) is 66.7 Å². The lowest BCUT2D eigenvalue weighted by Gasteiger charge is -2.09. The van der Waals surface area contributed by atoms with Crippen LogP contribution in [0.5, 0.6) is 0 Å². The molecule has 4 rings (SSSR count). The van der Waals surface area contributed by atoms with Crippen LogP contribution in [0.2, 0.25) is 0 Å². The van der Waals surface area contributed by atoms with Crippen molar-refractivity contribution in [2.45, 2.75) is 0 Å². The van der Waals surface area contributed by atoms with Crippen LogP contribution in [0.1, 0.15) is 9.67 Å². The topological polar surface area (TPSA) is 54.9 Å². The molecule has 0 unspecified atom stereocenters. The van der Waals surface area contributed by atoms with Gasteiger partial charge in [-0.3, -0.25) is 10.1 Å². The molecule has 2 aromatic heterocycles. The van der Waals surface area contributed by atoms with Crippen LogP contribution >= 0.6 is 11.3 Å². The molecule has 0 atom stereocenters. The van der Waals surface area contributed by atoms with E-state index in [9.17, 15) is 4.79 Å². The molecule has 0 spiro atoms. The first-order valence-corrected chi connectivity index (χ1v) is 9.02. The smallest absolute Gasteiger partial charge is 0.268 e. The largest absolute Gasteiger partial charge is 0.290 e. The minimum Gasteiger partial charge on any atom is -0.290 e. The Hall–Kier alpha value is -3.31. The Labute approximate surface area is 155 Å². The molecule has 4 nitrogen and oxygen atoms in total. The predicted molar refractivity (Wildman–Crippen MR) is 105 cm³/mol. The highest BCUT2D eigenvalue weighted by Crippen LogP contribution is 2.25. The molecule has 0 radical (unpaired) electrons. The van der Waals surface area contributed by atoms with E-state index in [2.05, 4.69) is 15.3 Å². The highest BCUT2D eigenvalue weighted by Gasteiger charge is 2.12. The van der Waals surface area contributed by atoms with Crippen molar-refractivity contribution in [3.63, 3.8) is 0 Å². The van der Waals surface area contributed by atoms with Crippen molar-refractivity contribution in [2.24, 2.45) is 0 Å². The maximum atomic E-state index is 12.4. The van der Waals surface area contributed by atoms with Crippen LogP contribution in [0, 0.1) is 0 Å². The molecule has 0 fully saturated rings. The maximum absolute atomic E-state index is 12.4. The fourth-order valence-electron chi connectivity index (χ4n) is 2.59. The number of thiophene rings is 1. The second-order valence-corrected chi connectivity index (χ2v) is 6.57. The van der Waals surface area contributed by atoms with Gasteiger partial charge in [0, 0.05) is 11.1 Å². The second kappa shape index (κ2) is 7.29. The molecule has 0 saturated carbocycles. The number of anilines is 1. The van der Waals surface area contributed by atoms with E-state index in [0.29, 0.717) is 10.8 Å². The van der Waals surface area contributed by atoms with E-state index in [1.807, 2.05) is 78.2 Å². The lowest BCUT2D eigenvalue weighted by atomic mass is 10.1. The molecule has 0 saturated heterocycles. The first kappa shape index (κ1) is 16.2. The Balaban J connectivity index is 1.76. The average molecular weight is 357 g/mol. The Morgan fingerprint density at radius 2 is 1.35 bits per heavy atom. The van der Waals surface area contributed by atoms with Gasteiger partial charge in [0.2, 0.25) is 5.95 Å². The summed E-state index contributed by atoms with van der Waals surface area (Å²) in [6.07, 6.45) is 0. The van der Waals surface area contributed by atoms with Crippen LogP contribution in [0.3, 0.4) is 0 Å². The lowest BCUT2D eigenvalue weighted by Crippen LogP contribution is -2.13. The zero-order chi connectivity index (χ0) is 17.8. The molecular weight excluding hydrogens is 342 g/mol. The summed E-state index contributed by atoms with van der Waals surface area (Å²) in [5.41, 5.74) is 3.47. The van der Waals surface area contributed by atoms with E-state index >= 15 is 0 Å². The van der Waals surface area contributed by atoms with Gasteiger partial charge in [0.05, 0.1) is 16.3 Å². The zero-order valence-corrected chi connectivity index (χ0v) is 14.6. The van der Waals surface area contributed by atoms with Gasteiger partial charge in [-0.05, 0) is 17.5 Å².